The smallest absolute Gasteiger partial charge is 0.387 e. The van der Waals surface area contributed by atoms with Crippen molar-refractivity contribution in [3.63, 3.8) is 0 Å². The Bertz CT molecular complexity index is 595. The quantitative estimate of drug-likeness (QED) is 0.811. The Morgan fingerprint density at radius 1 is 1.41 bits per heavy atom. The summed E-state index contributed by atoms with van der Waals surface area (Å²) in [6, 6.07) is 2.55. The van der Waals surface area contributed by atoms with Crippen molar-refractivity contribution in [1.29, 1.82) is 0 Å². The van der Waals surface area contributed by atoms with E-state index in [9.17, 15) is 21.6 Å². The molecule has 1 aliphatic rings. The maximum Gasteiger partial charge on any atom is 0.387 e. The predicted octanol–water partition coefficient (Wildman–Crippen LogP) is 1.74. The van der Waals surface area contributed by atoms with E-state index in [1.54, 1.807) is 0 Å². The molecule has 1 heterocycles. The Kier molecular flexibility index (Phi) is 6.92. The molecule has 1 aromatic carbocycles. The van der Waals surface area contributed by atoms with Gasteiger partial charge in [-0.2, -0.15) is 8.78 Å². The SMILES string of the molecule is Cl.O=S(=O)(NCC1CCNC1)c1ccc(OC(F)F)c(F)c1. The molecule has 1 aromatic rings. The number of alkyl halides is 2. The molecule has 2 rings (SSSR count). The van der Waals surface area contributed by atoms with Gasteiger partial charge < -0.3 is 10.1 Å². The maximum atomic E-state index is 13.5. The van der Waals surface area contributed by atoms with Gasteiger partial charge in [0.1, 0.15) is 0 Å². The summed E-state index contributed by atoms with van der Waals surface area (Å²) >= 11 is 0. The molecule has 1 aliphatic heterocycles. The Hall–Kier alpha value is -1.03. The van der Waals surface area contributed by atoms with Crippen molar-refractivity contribution >= 4 is 22.4 Å². The van der Waals surface area contributed by atoms with Crippen LogP contribution >= 0.6 is 12.4 Å². The molecular formula is C12H16ClF3N2O3S. The number of sulfonamides is 1. The first-order valence-corrected chi connectivity index (χ1v) is 7.81. The Morgan fingerprint density at radius 3 is 2.68 bits per heavy atom. The molecule has 1 atom stereocenters. The van der Waals surface area contributed by atoms with E-state index in [1.807, 2.05) is 0 Å². The summed E-state index contributed by atoms with van der Waals surface area (Å²) in [6.45, 7) is -1.37. The van der Waals surface area contributed by atoms with Gasteiger partial charge in [0.25, 0.3) is 0 Å². The molecule has 0 bridgehead atoms. The summed E-state index contributed by atoms with van der Waals surface area (Å²) in [5.74, 6) is -1.66. The summed E-state index contributed by atoms with van der Waals surface area (Å²) in [4.78, 5) is -0.326. The van der Waals surface area contributed by atoms with Gasteiger partial charge >= 0.3 is 6.61 Å². The van der Waals surface area contributed by atoms with E-state index < -0.39 is 28.2 Å². The van der Waals surface area contributed by atoms with E-state index >= 15 is 0 Å². The average molecular weight is 361 g/mol. The zero-order valence-corrected chi connectivity index (χ0v) is 13.0. The fourth-order valence-electron chi connectivity index (χ4n) is 2.04. The van der Waals surface area contributed by atoms with E-state index in [1.165, 1.54) is 0 Å². The first kappa shape index (κ1) is 19.0. The van der Waals surface area contributed by atoms with Crippen molar-refractivity contribution in [3.8, 4) is 5.75 Å². The van der Waals surface area contributed by atoms with Crippen molar-refractivity contribution in [2.75, 3.05) is 19.6 Å². The third kappa shape index (κ3) is 5.01. The topological polar surface area (TPSA) is 67.4 Å². The summed E-state index contributed by atoms with van der Waals surface area (Å²) < 4.78 is 67.8. The third-order valence-electron chi connectivity index (χ3n) is 3.15. The van der Waals surface area contributed by atoms with Gasteiger partial charge in [-0.15, -0.1) is 12.4 Å². The lowest BCUT2D eigenvalue weighted by Crippen LogP contribution is -2.30. The number of hydrogen-bond donors (Lipinski definition) is 2. The first-order valence-electron chi connectivity index (χ1n) is 6.33. The maximum absolute atomic E-state index is 13.5. The van der Waals surface area contributed by atoms with E-state index in [-0.39, 0.29) is 29.8 Å². The van der Waals surface area contributed by atoms with Crippen LogP contribution in [0.1, 0.15) is 6.42 Å². The number of nitrogens with one attached hydrogen (secondary N) is 2. The van der Waals surface area contributed by atoms with Gasteiger partial charge in [0.15, 0.2) is 11.6 Å². The predicted molar refractivity (Wildman–Crippen MR) is 76.4 cm³/mol. The van der Waals surface area contributed by atoms with E-state index in [0.717, 1.165) is 31.6 Å². The highest BCUT2D eigenvalue weighted by molar-refractivity contribution is 7.89. The molecule has 5 nitrogen and oxygen atoms in total. The van der Waals surface area contributed by atoms with Crippen LogP contribution in [0.15, 0.2) is 23.1 Å². The molecule has 0 aliphatic carbocycles. The number of hydrogen-bond acceptors (Lipinski definition) is 4. The summed E-state index contributed by atoms with van der Waals surface area (Å²) in [7, 11) is -3.88. The Balaban J connectivity index is 0.00000242. The monoisotopic (exact) mass is 360 g/mol. The molecule has 0 aromatic heterocycles. The van der Waals surface area contributed by atoms with Crippen molar-refractivity contribution in [2.24, 2.45) is 5.92 Å². The lowest BCUT2D eigenvalue weighted by atomic mass is 10.1. The van der Waals surface area contributed by atoms with Crippen molar-refractivity contribution in [3.05, 3.63) is 24.0 Å². The molecular weight excluding hydrogens is 345 g/mol. The minimum absolute atomic E-state index is 0. The average Bonchev–Trinajstić information content (AvgIpc) is 2.91. The van der Waals surface area contributed by atoms with E-state index in [0.29, 0.717) is 6.07 Å². The largest absolute Gasteiger partial charge is 0.432 e. The standard InChI is InChI=1S/C12H15F3N2O3S.ClH/c13-10-5-9(1-2-11(10)20-12(14)15)21(18,19)17-7-8-3-4-16-6-8;/h1-2,5,8,12,16-17H,3-4,6-7H2;1H. The van der Waals surface area contributed by atoms with Gasteiger partial charge in [-0.05, 0) is 43.6 Å². The molecule has 1 fully saturated rings. The minimum Gasteiger partial charge on any atom is -0.432 e. The summed E-state index contributed by atoms with van der Waals surface area (Å²) in [5.41, 5.74) is 0. The number of halogens is 4. The molecule has 0 spiro atoms. The van der Waals surface area contributed by atoms with Crippen LogP contribution in [0.5, 0.6) is 5.75 Å². The van der Waals surface area contributed by atoms with Crippen LogP contribution < -0.4 is 14.8 Å². The van der Waals surface area contributed by atoms with Crippen molar-refractivity contribution in [1.82, 2.24) is 10.0 Å². The van der Waals surface area contributed by atoms with Gasteiger partial charge in [-0.25, -0.2) is 17.5 Å². The highest BCUT2D eigenvalue weighted by Crippen LogP contribution is 2.22. The summed E-state index contributed by atoms with van der Waals surface area (Å²) in [5, 5.41) is 3.10. The highest BCUT2D eigenvalue weighted by Gasteiger charge is 2.21. The van der Waals surface area contributed by atoms with Crippen LogP contribution in [-0.4, -0.2) is 34.7 Å². The van der Waals surface area contributed by atoms with Gasteiger partial charge in [-0.1, -0.05) is 0 Å². The van der Waals surface area contributed by atoms with Gasteiger partial charge in [-0.3, -0.25) is 0 Å². The number of ether oxygens (including phenoxy) is 1. The molecule has 22 heavy (non-hydrogen) atoms. The van der Waals surface area contributed by atoms with Gasteiger partial charge in [0.05, 0.1) is 4.90 Å². The lowest BCUT2D eigenvalue weighted by molar-refractivity contribution is -0.0522. The van der Waals surface area contributed by atoms with Crippen molar-refractivity contribution in [2.45, 2.75) is 17.9 Å². The van der Waals surface area contributed by atoms with Crippen LogP contribution in [-0.2, 0) is 10.0 Å². The first-order chi connectivity index (χ1) is 9.88. The minimum atomic E-state index is -3.88. The Labute approximate surface area is 132 Å². The zero-order chi connectivity index (χ0) is 15.5. The van der Waals surface area contributed by atoms with Gasteiger partial charge in [0, 0.05) is 6.54 Å². The van der Waals surface area contributed by atoms with E-state index in [2.05, 4.69) is 14.8 Å². The van der Waals surface area contributed by atoms with Crippen LogP contribution in [0, 0.1) is 11.7 Å². The Morgan fingerprint density at radius 2 is 2.14 bits per heavy atom. The van der Waals surface area contributed by atoms with Crippen LogP contribution in [0.2, 0.25) is 0 Å². The van der Waals surface area contributed by atoms with Crippen LogP contribution in [0.4, 0.5) is 13.2 Å². The number of benzene rings is 1. The zero-order valence-electron chi connectivity index (χ0n) is 11.4. The molecule has 0 amide bonds. The lowest BCUT2D eigenvalue weighted by Gasteiger charge is -2.12. The highest BCUT2D eigenvalue weighted by atomic mass is 35.5. The molecule has 1 saturated heterocycles. The molecule has 0 saturated carbocycles. The fraction of sp³-hybridized carbons (Fsp3) is 0.500. The molecule has 10 heteroatoms. The van der Waals surface area contributed by atoms with E-state index in [4.69, 9.17) is 0 Å². The fourth-order valence-corrected chi connectivity index (χ4v) is 3.17. The summed E-state index contributed by atoms with van der Waals surface area (Å²) in [6.07, 6.45) is 0.859. The molecule has 1 unspecified atom stereocenters. The second-order valence-corrected chi connectivity index (χ2v) is 6.45. The van der Waals surface area contributed by atoms with Crippen molar-refractivity contribution < 1.29 is 26.3 Å². The molecule has 0 radical (unpaired) electrons. The molecule has 2 N–H and O–H groups in total. The second kappa shape index (κ2) is 8.00. The number of rotatable bonds is 6. The van der Waals surface area contributed by atoms with Crippen LogP contribution in [0.25, 0.3) is 0 Å². The molecule has 126 valence electrons. The third-order valence-corrected chi connectivity index (χ3v) is 4.58. The van der Waals surface area contributed by atoms with Gasteiger partial charge in [0.2, 0.25) is 10.0 Å². The normalized spacial score (nSPS) is 18.3. The second-order valence-electron chi connectivity index (χ2n) is 4.68. The van der Waals surface area contributed by atoms with Crippen LogP contribution in [0.3, 0.4) is 0 Å².